The molecular weight excluding hydrogens is 344 g/mol. The fourth-order valence-electron chi connectivity index (χ4n) is 3.66. The van der Waals surface area contributed by atoms with E-state index in [1.807, 2.05) is 36.1 Å². The Bertz CT molecular complexity index is 694. The summed E-state index contributed by atoms with van der Waals surface area (Å²) in [5, 5.41) is 0.702. The van der Waals surface area contributed by atoms with Crippen LogP contribution in [0.2, 0.25) is 5.02 Å². The quantitative estimate of drug-likeness (QED) is 0.729. The van der Waals surface area contributed by atoms with Crippen molar-refractivity contribution in [3.05, 3.63) is 65.2 Å². The number of rotatable bonds is 6. The van der Waals surface area contributed by atoms with Crippen molar-refractivity contribution < 1.29 is 4.79 Å². The number of anilines is 1. The fraction of sp³-hybridized carbons (Fsp3) is 0.409. The molecule has 0 saturated carbocycles. The molecule has 1 amide bonds. The van der Waals surface area contributed by atoms with Gasteiger partial charge in [0, 0.05) is 42.8 Å². The Labute approximate surface area is 161 Å². The lowest BCUT2D eigenvalue weighted by Crippen LogP contribution is -2.47. The summed E-state index contributed by atoms with van der Waals surface area (Å²) in [6.45, 7) is 5.09. The summed E-state index contributed by atoms with van der Waals surface area (Å²) >= 11 is 6.01. The molecule has 0 spiro atoms. The van der Waals surface area contributed by atoms with Crippen LogP contribution in [0, 0.1) is 0 Å². The number of hydrogen-bond donors (Lipinski definition) is 0. The second-order valence-electron chi connectivity index (χ2n) is 6.90. The van der Waals surface area contributed by atoms with Crippen LogP contribution >= 0.6 is 11.6 Å². The van der Waals surface area contributed by atoms with Crippen LogP contribution in [0.3, 0.4) is 0 Å². The SMILES string of the molecule is CCC(=O)N(c1ccc(Cl)cc1)C1CCN(CCc2ccccc2)CC1. The van der Waals surface area contributed by atoms with E-state index in [2.05, 4.69) is 35.2 Å². The minimum atomic E-state index is 0.190. The minimum Gasteiger partial charge on any atom is -0.309 e. The lowest BCUT2D eigenvalue weighted by atomic mass is 10.0. The number of nitrogens with zero attached hydrogens (tertiary/aromatic N) is 2. The van der Waals surface area contributed by atoms with Crippen LogP contribution in [-0.4, -0.2) is 36.5 Å². The molecule has 0 N–H and O–H groups in total. The maximum Gasteiger partial charge on any atom is 0.226 e. The average molecular weight is 371 g/mol. The molecule has 138 valence electrons. The average Bonchev–Trinajstić information content (AvgIpc) is 2.69. The van der Waals surface area contributed by atoms with Crippen molar-refractivity contribution in [1.82, 2.24) is 4.90 Å². The van der Waals surface area contributed by atoms with Gasteiger partial charge in [-0.05, 0) is 49.1 Å². The van der Waals surface area contributed by atoms with Gasteiger partial charge in [-0.15, -0.1) is 0 Å². The molecule has 0 unspecified atom stereocenters. The highest BCUT2D eigenvalue weighted by Crippen LogP contribution is 2.26. The highest BCUT2D eigenvalue weighted by atomic mass is 35.5. The number of halogens is 1. The third-order valence-corrected chi connectivity index (χ3v) is 5.41. The molecule has 1 aliphatic rings. The van der Waals surface area contributed by atoms with E-state index >= 15 is 0 Å². The van der Waals surface area contributed by atoms with Crippen LogP contribution < -0.4 is 4.90 Å². The minimum absolute atomic E-state index is 0.190. The molecule has 0 aromatic heterocycles. The number of carbonyl (C=O) groups is 1. The number of benzene rings is 2. The maximum atomic E-state index is 12.6. The Morgan fingerprint density at radius 1 is 1.08 bits per heavy atom. The predicted molar refractivity (Wildman–Crippen MR) is 109 cm³/mol. The van der Waals surface area contributed by atoms with Gasteiger partial charge in [0.2, 0.25) is 5.91 Å². The van der Waals surface area contributed by atoms with Crippen LogP contribution in [0.1, 0.15) is 31.7 Å². The number of likely N-dealkylation sites (tertiary alicyclic amines) is 1. The third-order valence-electron chi connectivity index (χ3n) is 5.16. The van der Waals surface area contributed by atoms with Crippen LogP contribution in [0.5, 0.6) is 0 Å². The van der Waals surface area contributed by atoms with Gasteiger partial charge in [0.05, 0.1) is 0 Å². The Kier molecular flexibility index (Phi) is 6.70. The smallest absolute Gasteiger partial charge is 0.226 e. The van der Waals surface area contributed by atoms with Gasteiger partial charge in [0.25, 0.3) is 0 Å². The highest BCUT2D eigenvalue weighted by Gasteiger charge is 2.28. The van der Waals surface area contributed by atoms with Gasteiger partial charge < -0.3 is 9.80 Å². The van der Waals surface area contributed by atoms with Gasteiger partial charge in [-0.2, -0.15) is 0 Å². The molecule has 1 aliphatic heterocycles. The molecule has 3 rings (SSSR count). The molecule has 0 bridgehead atoms. The van der Waals surface area contributed by atoms with E-state index in [0.29, 0.717) is 11.4 Å². The molecule has 0 atom stereocenters. The molecule has 2 aromatic carbocycles. The van der Waals surface area contributed by atoms with E-state index in [1.165, 1.54) is 5.56 Å². The number of hydrogen-bond acceptors (Lipinski definition) is 2. The molecule has 1 fully saturated rings. The topological polar surface area (TPSA) is 23.6 Å². The lowest BCUT2D eigenvalue weighted by Gasteiger charge is -2.38. The normalized spacial score (nSPS) is 15.8. The molecule has 1 saturated heterocycles. The van der Waals surface area contributed by atoms with E-state index < -0.39 is 0 Å². The largest absolute Gasteiger partial charge is 0.309 e. The highest BCUT2D eigenvalue weighted by molar-refractivity contribution is 6.30. The zero-order valence-corrected chi connectivity index (χ0v) is 16.2. The molecule has 26 heavy (non-hydrogen) atoms. The predicted octanol–water partition coefficient (Wildman–Crippen LogP) is 4.79. The van der Waals surface area contributed by atoms with Crippen LogP contribution in [0.15, 0.2) is 54.6 Å². The summed E-state index contributed by atoms with van der Waals surface area (Å²) < 4.78 is 0. The summed E-state index contributed by atoms with van der Waals surface area (Å²) in [7, 11) is 0. The number of amides is 1. The molecular formula is C22H27ClN2O. The molecule has 4 heteroatoms. The van der Waals surface area contributed by atoms with Crippen LogP contribution in [0.4, 0.5) is 5.69 Å². The summed E-state index contributed by atoms with van der Waals surface area (Å²) in [6.07, 6.45) is 3.64. The number of piperidine rings is 1. The second kappa shape index (κ2) is 9.20. The molecule has 0 aliphatic carbocycles. The second-order valence-corrected chi connectivity index (χ2v) is 7.34. The van der Waals surface area contributed by atoms with Crippen molar-refractivity contribution in [3.8, 4) is 0 Å². The Morgan fingerprint density at radius 2 is 1.73 bits per heavy atom. The first-order valence-electron chi connectivity index (χ1n) is 9.51. The van der Waals surface area contributed by atoms with Crippen molar-refractivity contribution in [2.45, 2.75) is 38.6 Å². The van der Waals surface area contributed by atoms with E-state index in [4.69, 9.17) is 11.6 Å². The molecule has 1 heterocycles. The molecule has 2 aromatic rings. The van der Waals surface area contributed by atoms with Crippen molar-refractivity contribution in [2.75, 3.05) is 24.5 Å². The summed E-state index contributed by atoms with van der Waals surface area (Å²) in [5.41, 5.74) is 2.35. The monoisotopic (exact) mass is 370 g/mol. The van der Waals surface area contributed by atoms with Crippen molar-refractivity contribution in [2.24, 2.45) is 0 Å². The zero-order valence-electron chi connectivity index (χ0n) is 15.4. The first-order valence-corrected chi connectivity index (χ1v) is 9.89. The van der Waals surface area contributed by atoms with Gasteiger partial charge in [0.15, 0.2) is 0 Å². The Hall–Kier alpha value is -1.84. The summed E-state index contributed by atoms with van der Waals surface area (Å²) in [6, 6.07) is 18.6. The van der Waals surface area contributed by atoms with Crippen LogP contribution in [0.25, 0.3) is 0 Å². The maximum absolute atomic E-state index is 12.6. The Balaban J connectivity index is 1.59. The van der Waals surface area contributed by atoms with E-state index in [0.717, 1.165) is 44.6 Å². The van der Waals surface area contributed by atoms with E-state index in [1.54, 1.807) is 0 Å². The Morgan fingerprint density at radius 3 is 2.35 bits per heavy atom. The first kappa shape index (κ1) is 18.9. The van der Waals surface area contributed by atoms with Gasteiger partial charge >= 0.3 is 0 Å². The van der Waals surface area contributed by atoms with Crippen LogP contribution in [-0.2, 0) is 11.2 Å². The van der Waals surface area contributed by atoms with Gasteiger partial charge in [-0.1, -0.05) is 48.9 Å². The van der Waals surface area contributed by atoms with Gasteiger partial charge in [0.1, 0.15) is 0 Å². The fourth-order valence-corrected chi connectivity index (χ4v) is 3.79. The standard InChI is InChI=1S/C22H27ClN2O/c1-2-22(26)25(20-10-8-19(23)9-11-20)21-13-16-24(17-14-21)15-12-18-6-4-3-5-7-18/h3-11,21H,2,12-17H2,1H3. The van der Waals surface area contributed by atoms with Gasteiger partial charge in [-0.25, -0.2) is 0 Å². The van der Waals surface area contributed by atoms with E-state index in [-0.39, 0.29) is 11.9 Å². The van der Waals surface area contributed by atoms with Crippen molar-refractivity contribution in [3.63, 3.8) is 0 Å². The van der Waals surface area contributed by atoms with Gasteiger partial charge in [-0.3, -0.25) is 4.79 Å². The molecule has 3 nitrogen and oxygen atoms in total. The lowest BCUT2D eigenvalue weighted by molar-refractivity contribution is -0.119. The number of carbonyl (C=O) groups excluding carboxylic acids is 1. The zero-order chi connectivity index (χ0) is 18.4. The first-order chi connectivity index (χ1) is 12.7. The summed E-state index contributed by atoms with van der Waals surface area (Å²) in [4.78, 5) is 17.1. The summed E-state index contributed by atoms with van der Waals surface area (Å²) in [5.74, 6) is 0.190. The van der Waals surface area contributed by atoms with E-state index in [9.17, 15) is 4.79 Å². The molecule has 0 radical (unpaired) electrons. The third kappa shape index (κ3) is 4.87. The van der Waals surface area contributed by atoms with Crippen molar-refractivity contribution in [1.29, 1.82) is 0 Å². The van der Waals surface area contributed by atoms with Crippen molar-refractivity contribution >= 4 is 23.2 Å².